The third-order valence-corrected chi connectivity index (χ3v) is 2.12. The summed E-state index contributed by atoms with van der Waals surface area (Å²) in [5.41, 5.74) is 5.25. The Morgan fingerprint density at radius 1 is 1.57 bits per heavy atom. The Hall–Kier alpha value is -1.15. The number of nitrogens with one attached hydrogen (secondary N) is 1. The van der Waals surface area contributed by atoms with E-state index in [1.807, 2.05) is 0 Å². The number of alkyl halides is 2. The van der Waals surface area contributed by atoms with Gasteiger partial charge in [-0.2, -0.15) is 0 Å². The summed E-state index contributed by atoms with van der Waals surface area (Å²) in [5.74, 6) is -0.484. The van der Waals surface area contributed by atoms with Gasteiger partial charge in [-0.3, -0.25) is 10.1 Å². The summed E-state index contributed by atoms with van der Waals surface area (Å²) >= 11 is 0.627. The zero-order valence-electron chi connectivity index (χ0n) is 7.20. The van der Waals surface area contributed by atoms with Crippen molar-refractivity contribution in [2.75, 3.05) is 5.32 Å². The lowest BCUT2D eigenvalue weighted by Crippen LogP contribution is -2.32. The predicted octanol–water partition coefficient (Wildman–Crippen LogP) is 0.761. The highest BCUT2D eigenvalue weighted by Gasteiger charge is 2.16. The number of hydrogen-bond donors (Lipinski definition) is 2. The third kappa shape index (κ3) is 2.67. The quantitative estimate of drug-likeness (QED) is 0.791. The lowest BCUT2D eigenvalue weighted by molar-refractivity contribution is -0.117. The number of aromatic nitrogens is 2. The molecule has 1 unspecified atom stereocenters. The Kier molecular flexibility index (Phi) is 3.42. The number of hydrogen-bond acceptors (Lipinski definition) is 5. The highest BCUT2D eigenvalue weighted by molar-refractivity contribution is 7.15. The molecule has 0 bridgehead atoms. The summed E-state index contributed by atoms with van der Waals surface area (Å²) in [6, 6.07) is -0.714. The molecule has 5 nitrogen and oxygen atoms in total. The van der Waals surface area contributed by atoms with E-state index >= 15 is 0 Å². The van der Waals surface area contributed by atoms with E-state index in [0.717, 1.165) is 0 Å². The molecule has 1 atom stereocenters. The van der Waals surface area contributed by atoms with E-state index in [1.54, 1.807) is 0 Å². The topological polar surface area (TPSA) is 80.9 Å². The number of halogens is 2. The van der Waals surface area contributed by atoms with Crippen LogP contribution in [0, 0.1) is 0 Å². The molecule has 0 radical (unpaired) electrons. The van der Waals surface area contributed by atoms with Gasteiger partial charge in [-0.1, -0.05) is 11.3 Å². The molecule has 0 aliphatic heterocycles. The van der Waals surface area contributed by atoms with E-state index in [-0.39, 0.29) is 5.13 Å². The SMILES string of the molecule is CC(N)C(=O)Nc1nnc(C(F)F)s1. The maximum atomic E-state index is 12.0. The van der Waals surface area contributed by atoms with Crippen molar-refractivity contribution in [3.05, 3.63) is 5.01 Å². The lowest BCUT2D eigenvalue weighted by atomic mass is 10.3. The molecule has 0 spiro atoms. The van der Waals surface area contributed by atoms with Gasteiger partial charge in [0.25, 0.3) is 6.43 Å². The molecule has 14 heavy (non-hydrogen) atoms. The molecule has 78 valence electrons. The zero-order chi connectivity index (χ0) is 10.7. The second-order valence-electron chi connectivity index (χ2n) is 2.52. The predicted molar refractivity (Wildman–Crippen MR) is 47.1 cm³/mol. The number of rotatable bonds is 3. The molecule has 8 heteroatoms. The van der Waals surface area contributed by atoms with Gasteiger partial charge in [-0.25, -0.2) is 8.78 Å². The minimum absolute atomic E-state index is 0.0302. The molecule has 0 aliphatic carbocycles. The van der Waals surface area contributed by atoms with Gasteiger partial charge in [0.15, 0.2) is 5.01 Å². The van der Waals surface area contributed by atoms with Gasteiger partial charge in [-0.15, -0.1) is 10.2 Å². The lowest BCUT2D eigenvalue weighted by Gasteiger charge is -2.02. The standard InChI is InChI=1S/C6H8F2N4OS/c1-2(9)4(13)10-6-12-11-5(14-6)3(7)8/h2-3H,9H2,1H3,(H,10,12,13). The largest absolute Gasteiger partial charge is 0.320 e. The van der Waals surface area contributed by atoms with Crippen LogP contribution >= 0.6 is 11.3 Å². The smallest absolute Gasteiger partial charge is 0.291 e. The molecular formula is C6H8F2N4OS. The second-order valence-corrected chi connectivity index (χ2v) is 3.53. The molecule has 0 aliphatic rings. The summed E-state index contributed by atoms with van der Waals surface area (Å²) in [5, 5.41) is 8.42. The number of carbonyl (C=O) groups is 1. The van der Waals surface area contributed by atoms with E-state index in [2.05, 4.69) is 15.5 Å². The Labute approximate surface area is 82.3 Å². The first-order valence-electron chi connectivity index (χ1n) is 3.68. The van der Waals surface area contributed by atoms with Crippen molar-refractivity contribution < 1.29 is 13.6 Å². The number of nitrogens with two attached hydrogens (primary N) is 1. The fourth-order valence-electron chi connectivity index (χ4n) is 0.592. The highest BCUT2D eigenvalue weighted by atomic mass is 32.1. The maximum absolute atomic E-state index is 12.0. The van der Waals surface area contributed by atoms with Gasteiger partial charge in [0, 0.05) is 0 Å². The molecule has 3 N–H and O–H groups in total. The molecule has 1 heterocycles. The highest BCUT2D eigenvalue weighted by Crippen LogP contribution is 2.24. The van der Waals surface area contributed by atoms with Gasteiger partial charge >= 0.3 is 0 Å². The summed E-state index contributed by atoms with van der Waals surface area (Å²) in [7, 11) is 0. The molecule has 1 rings (SSSR count). The van der Waals surface area contributed by atoms with Crippen LogP contribution in [-0.4, -0.2) is 22.1 Å². The first kappa shape index (κ1) is 10.9. The average Bonchev–Trinajstić information content (AvgIpc) is 2.52. The van der Waals surface area contributed by atoms with E-state index in [1.165, 1.54) is 6.92 Å². The molecule has 1 aromatic rings. The van der Waals surface area contributed by atoms with Crippen molar-refractivity contribution in [2.24, 2.45) is 5.73 Å². The van der Waals surface area contributed by atoms with Gasteiger partial charge in [0.05, 0.1) is 6.04 Å². The minimum atomic E-state index is -2.67. The van der Waals surface area contributed by atoms with E-state index < -0.39 is 23.4 Å². The number of anilines is 1. The van der Waals surface area contributed by atoms with Crippen LogP contribution < -0.4 is 11.1 Å². The number of nitrogens with zero attached hydrogens (tertiary/aromatic N) is 2. The van der Waals surface area contributed by atoms with E-state index in [4.69, 9.17) is 5.73 Å². The van der Waals surface area contributed by atoms with Crippen molar-refractivity contribution >= 4 is 22.4 Å². The maximum Gasteiger partial charge on any atom is 0.291 e. The third-order valence-electron chi connectivity index (χ3n) is 1.27. The Bertz CT molecular complexity index is 327. The van der Waals surface area contributed by atoms with Crippen molar-refractivity contribution in [2.45, 2.75) is 19.4 Å². The molecule has 1 aromatic heterocycles. The molecular weight excluding hydrogens is 214 g/mol. The van der Waals surface area contributed by atoms with Crippen LogP contribution in [0.2, 0.25) is 0 Å². The van der Waals surface area contributed by atoms with E-state index in [9.17, 15) is 13.6 Å². The van der Waals surface area contributed by atoms with E-state index in [0.29, 0.717) is 11.3 Å². The van der Waals surface area contributed by atoms with Gasteiger partial charge in [0.1, 0.15) is 0 Å². The van der Waals surface area contributed by atoms with Gasteiger partial charge in [0.2, 0.25) is 11.0 Å². The van der Waals surface area contributed by atoms with Gasteiger partial charge in [-0.05, 0) is 6.92 Å². The molecule has 0 saturated heterocycles. The van der Waals surface area contributed by atoms with Crippen LogP contribution in [0.3, 0.4) is 0 Å². The van der Waals surface area contributed by atoms with Crippen molar-refractivity contribution in [3.8, 4) is 0 Å². The number of carbonyl (C=O) groups excluding carboxylic acids is 1. The normalized spacial score (nSPS) is 12.9. The van der Waals surface area contributed by atoms with Crippen LogP contribution in [0.4, 0.5) is 13.9 Å². The van der Waals surface area contributed by atoms with Crippen LogP contribution in [-0.2, 0) is 4.79 Å². The summed E-state index contributed by atoms with van der Waals surface area (Å²) in [6.07, 6.45) is -2.67. The van der Waals surface area contributed by atoms with Crippen molar-refractivity contribution in [1.82, 2.24) is 10.2 Å². The Balaban J connectivity index is 2.64. The Morgan fingerprint density at radius 3 is 2.64 bits per heavy atom. The first-order chi connectivity index (χ1) is 6.50. The van der Waals surface area contributed by atoms with Crippen LogP contribution in [0.25, 0.3) is 0 Å². The van der Waals surface area contributed by atoms with Crippen LogP contribution in [0.1, 0.15) is 18.4 Å². The fraction of sp³-hybridized carbons (Fsp3) is 0.500. The molecule has 1 amide bonds. The van der Waals surface area contributed by atoms with Crippen LogP contribution in [0.5, 0.6) is 0 Å². The molecule has 0 aromatic carbocycles. The molecule has 0 fully saturated rings. The minimum Gasteiger partial charge on any atom is -0.320 e. The molecule has 0 saturated carbocycles. The monoisotopic (exact) mass is 222 g/mol. The van der Waals surface area contributed by atoms with Gasteiger partial charge < -0.3 is 5.73 Å². The fourth-order valence-corrected chi connectivity index (χ4v) is 1.19. The number of amides is 1. The zero-order valence-corrected chi connectivity index (χ0v) is 8.02. The summed E-state index contributed by atoms with van der Waals surface area (Å²) in [4.78, 5) is 11.0. The average molecular weight is 222 g/mol. The van der Waals surface area contributed by atoms with Crippen molar-refractivity contribution in [3.63, 3.8) is 0 Å². The van der Waals surface area contributed by atoms with Crippen LogP contribution in [0.15, 0.2) is 0 Å². The summed E-state index contributed by atoms with van der Waals surface area (Å²) in [6.45, 7) is 1.48. The van der Waals surface area contributed by atoms with Crippen molar-refractivity contribution in [1.29, 1.82) is 0 Å². The second kappa shape index (κ2) is 4.38. The first-order valence-corrected chi connectivity index (χ1v) is 4.50. The Morgan fingerprint density at radius 2 is 2.21 bits per heavy atom. The summed E-state index contributed by atoms with van der Waals surface area (Å²) < 4.78 is 24.1.